The van der Waals surface area contributed by atoms with Crippen molar-refractivity contribution in [3.8, 4) is 0 Å². The van der Waals surface area contributed by atoms with Gasteiger partial charge in [-0.1, -0.05) is 12.1 Å². The molecule has 8 heteroatoms. The summed E-state index contributed by atoms with van der Waals surface area (Å²) in [5.74, 6) is -0.932. The smallest absolute Gasteiger partial charge is 0.255 e. The van der Waals surface area contributed by atoms with Gasteiger partial charge in [0, 0.05) is 37.2 Å². The van der Waals surface area contributed by atoms with Crippen LogP contribution in [0.2, 0.25) is 0 Å². The number of likely N-dealkylation sites (tertiary alicyclic amines) is 1. The SMILES string of the molecule is O=C1CCC(N2Cc3cc(C(=O)N4CCC5(CC(c6cccc(F)c6)C5)C4)ccc3C2=O)C(=O)N1. The number of piperidine rings is 1. The minimum atomic E-state index is -0.671. The summed E-state index contributed by atoms with van der Waals surface area (Å²) < 4.78 is 13.6. The number of hydrogen-bond donors (Lipinski definition) is 1. The Kier molecular flexibility index (Phi) is 5.02. The van der Waals surface area contributed by atoms with Crippen molar-refractivity contribution in [3.05, 3.63) is 70.5 Å². The Morgan fingerprint density at radius 3 is 2.69 bits per heavy atom. The number of nitrogens with one attached hydrogen (secondary N) is 1. The van der Waals surface area contributed by atoms with E-state index in [9.17, 15) is 23.6 Å². The highest BCUT2D eigenvalue weighted by atomic mass is 19.1. The third kappa shape index (κ3) is 3.72. The van der Waals surface area contributed by atoms with E-state index >= 15 is 0 Å². The van der Waals surface area contributed by atoms with E-state index in [-0.39, 0.29) is 41.9 Å². The fourth-order valence-corrected chi connectivity index (χ4v) is 6.31. The van der Waals surface area contributed by atoms with Crippen LogP contribution in [0.25, 0.3) is 0 Å². The number of hydrogen-bond acceptors (Lipinski definition) is 4. The number of benzene rings is 2. The van der Waals surface area contributed by atoms with Crippen LogP contribution in [0.5, 0.6) is 0 Å². The summed E-state index contributed by atoms with van der Waals surface area (Å²) in [5, 5.41) is 2.30. The fraction of sp³-hybridized carbons (Fsp3) is 0.407. The molecule has 2 aromatic rings. The molecule has 3 heterocycles. The zero-order valence-electron chi connectivity index (χ0n) is 19.3. The summed E-state index contributed by atoms with van der Waals surface area (Å²) in [6.07, 6.45) is 3.37. The normalized spacial score (nSPS) is 27.7. The highest BCUT2D eigenvalue weighted by Gasteiger charge is 2.50. The van der Waals surface area contributed by atoms with Crippen LogP contribution in [0.3, 0.4) is 0 Å². The van der Waals surface area contributed by atoms with Gasteiger partial charge in [0.2, 0.25) is 11.8 Å². The van der Waals surface area contributed by atoms with Gasteiger partial charge in [-0.25, -0.2) is 4.39 Å². The van der Waals surface area contributed by atoms with Crippen molar-refractivity contribution in [2.45, 2.75) is 50.6 Å². The maximum absolute atomic E-state index is 13.6. The van der Waals surface area contributed by atoms with Gasteiger partial charge >= 0.3 is 0 Å². The molecular weight excluding hydrogens is 449 g/mol. The zero-order chi connectivity index (χ0) is 24.3. The van der Waals surface area contributed by atoms with Crippen molar-refractivity contribution in [2.75, 3.05) is 13.1 Å². The molecule has 0 radical (unpaired) electrons. The average molecular weight is 476 g/mol. The first kappa shape index (κ1) is 21.9. The predicted octanol–water partition coefficient (Wildman–Crippen LogP) is 3.00. The lowest BCUT2D eigenvalue weighted by molar-refractivity contribution is -0.136. The van der Waals surface area contributed by atoms with Gasteiger partial charge in [0.25, 0.3) is 11.8 Å². The van der Waals surface area contributed by atoms with Crippen LogP contribution >= 0.6 is 0 Å². The Labute approximate surface area is 202 Å². The molecule has 2 saturated heterocycles. The number of carbonyl (C=O) groups excluding carboxylic acids is 4. The molecule has 0 aromatic heterocycles. The summed E-state index contributed by atoms with van der Waals surface area (Å²) in [5.41, 5.74) is 2.90. The van der Waals surface area contributed by atoms with Gasteiger partial charge in [0.05, 0.1) is 0 Å². The number of nitrogens with zero attached hydrogens (tertiary/aromatic N) is 2. The van der Waals surface area contributed by atoms with E-state index in [1.807, 2.05) is 11.0 Å². The van der Waals surface area contributed by atoms with Crippen molar-refractivity contribution < 1.29 is 23.6 Å². The van der Waals surface area contributed by atoms with E-state index in [0.29, 0.717) is 36.6 Å². The molecule has 3 aliphatic heterocycles. The number of halogens is 1. The number of rotatable bonds is 3. The van der Waals surface area contributed by atoms with Crippen molar-refractivity contribution in [3.63, 3.8) is 0 Å². The third-order valence-corrected chi connectivity index (χ3v) is 8.17. The number of fused-ring (bicyclic) bond motifs is 1. The lowest BCUT2D eigenvalue weighted by Gasteiger charge is -2.45. The molecule has 7 nitrogen and oxygen atoms in total. The van der Waals surface area contributed by atoms with Gasteiger partial charge < -0.3 is 9.80 Å². The van der Waals surface area contributed by atoms with E-state index in [4.69, 9.17) is 0 Å². The predicted molar refractivity (Wildman–Crippen MR) is 124 cm³/mol. The Morgan fingerprint density at radius 1 is 1.09 bits per heavy atom. The minimum Gasteiger partial charge on any atom is -0.338 e. The van der Waals surface area contributed by atoms with E-state index < -0.39 is 11.9 Å². The molecule has 4 aliphatic rings. The van der Waals surface area contributed by atoms with Gasteiger partial charge in [0.1, 0.15) is 11.9 Å². The van der Waals surface area contributed by atoms with Crippen LogP contribution in [0.4, 0.5) is 4.39 Å². The lowest BCUT2D eigenvalue weighted by Crippen LogP contribution is -2.52. The summed E-state index contributed by atoms with van der Waals surface area (Å²) >= 11 is 0. The number of amides is 4. The molecular formula is C27H26FN3O4. The van der Waals surface area contributed by atoms with Crippen LogP contribution in [-0.4, -0.2) is 52.6 Å². The van der Waals surface area contributed by atoms with Crippen LogP contribution in [0.1, 0.15) is 69.9 Å². The Balaban J connectivity index is 1.12. The second kappa shape index (κ2) is 8.00. The van der Waals surface area contributed by atoms with Gasteiger partial charge in [-0.05, 0) is 78.5 Å². The Morgan fingerprint density at radius 2 is 1.91 bits per heavy atom. The van der Waals surface area contributed by atoms with Crippen molar-refractivity contribution >= 4 is 23.6 Å². The average Bonchev–Trinajstić information content (AvgIpc) is 3.40. The zero-order valence-corrected chi connectivity index (χ0v) is 19.3. The third-order valence-electron chi connectivity index (χ3n) is 8.17. The molecule has 180 valence electrons. The lowest BCUT2D eigenvalue weighted by atomic mass is 9.59. The van der Waals surface area contributed by atoms with Gasteiger partial charge in [-0.3, -0.25) is 24.5 Å². The molecule has 1 unspecified atom stereocenters. The maximum Gasteiger partial charge on any atom is 0.255 e. The Hall–Kier alpha value is -3.55. The summed E-state index contributed by atoms with van der Waals surface area (Å²) in [6, 6.07) is 11.3. The molecule has 2 aromatic carbocycles. The summed E-state index contributed by atoms with van der Waals surface area (Å²) in [4.78, 5) is 53.3. The molecule has 1 spiro atoms. The van der Waals surface area contributed by atoms with Crippen molar-refractivity contribution in [1.82, 2.24) is 15.1 Å². The second-order valence-corrected chi connectivity index (χ2v) is 10.4. The molecule has 35 heavy (non-hydrogen) atoms. The molecule has 6 rings (SSSR count). The van der Waals surface area contributed by atoms with Crippen LogP contribution in [-0.2, 0) is 16.1 Å². The quantitative estimate of drug-likeness (QED) is 0.692. The first-order chi connectivity index (χ1) is 16.8. The molecule has 1 aliphatic carbocycles. The highest BCUT2D eigenvalue weighted by Crippen LogP contribution is 2.56. The second-order valence-electron chi connectivity index (χ2n) is 10.4. The molecule has 1 saturated carbocycles. The van der Waals surface area contributed by atoms with Crippen LogP contribution < -0.4 is 5.32 Å². The first-order valence-corrected chi connectivity index (χ1v) is 12.1. The topological polar surface area (TPSA) is 86.8 Å². The fourth-order valence-electron chi connectivity index (χ4n) is 6.31. The van der Waals surface area contributed by atoms with E-state index in [1.165, 1.54) is 11.0 Å². The van der Waals surface area contributed by atoms with E-state index in [2.05, 4.69) is 5.32 Å². The van der Waals surface area contributed by atoms with Crippen LogP contribution in [0, 0.1) is 11.2 Å². The van der Waals surface area contributed by atoms with E-state index in [0.717, 1.165) is 30.4 Å². The standard InChI is InChI=1S/C27H26FN3O4/c28-20-3-1-2-16(11-20)19-12-27(13-19)8-9-30(15-27)25(34)17-4-5-21-18(10-17)14-31(26(21)35)22-6-7-23(32)29-24(22)33/h1-5,10-11,19,22H,6-9,12-15H2,(H,29,32,33). The van der Waals surface area contributed by atoms with Gasteiger partial charge in [-0.2, -0.15) is 0 Å². The van der Waals surface area contributed by atoms with E-state index in [1.54, 1.807) is 30.3 Å². The Bertz CT molecular complexity index is 1270. The maximum atomic E-state index is 13.6. The number of imide groups is 1. The molecule has 3 fully saturated rings. The molecule has 1 N–H and O–H groups in total. The van der Waals surface area contributed by atoms with Gasteiger partial charge in [-0.15, -0.1) is 0 Å². The highest BCUT2D eigenvalue weighted by molar-refractivity contribution is 6.06. The summed E-state index contributed by atoms with van der Waals surface area (Å²) in [6.45, 7) is 1.63. The molecule has 0 bridgehead atoms. The first-order valence-electron chi connectivity index (χ1n) is 12.1. The van der Waals surface area contributed by atoms with Crippen molar-refractivity contribution in [1.29, 1.82) is 0 Å². The molecule has 1 atom stereocenters. The number of carbonyl (C=O) groups is 4. The summed E-state index contributed by atoms with van der Waals surface area (Å²) in [7, 11) is 0. The monoisotopic (exact) mass is 475 g/mol. The van der Waals surface area contributed by atoms with Crippen molar-refractivity contribution in [2.24, 2.45) is 5.41 Å². The minimum absolute atomic E-state index is 0.0502. The largest absolute Gasteiger partial charge is 0.338 e. The van der Waals surface area contributed by atoms with Gasteiger partial charge in [0.15, 0.2) is 0 Å². The van der Waals surface area contributed by atoms with Crippen LogP contribution in [0.15, 0.2) is 42.5 Å². The molecule has 4 amide bonds.